The SMILES string of the molecule is C[C@]1(C=O)NC(=O)NC1=O. The Bertz CT molecular complexity index is 213. The van der Waals surface area contributed by atoms with E-state index in [1.165, 1.54) is 6.92 Å². The molecule has 0 radical (unpaired) electrons. The van der Waals surface area contributed by atoms with Crippen molar-refractivity contribution in [3.05, 3.63) is 0 Å². The highest BCUT2D eigenvalue weighted by molar-refractivity contribution is 6.15. The van der Waals surface area contributed by atoms with Crippen molar-refractivity contribution in [1.29, 1.82) is 0 Å². The van der Waals surface area contributed by atoms with Gasteiger partial charge in [0.15, 0.2) is 11.8 Å². The van der Waals surface area contributed by atoms with Crippen molar-refractivity contribution in [3.63, 3.8) is 0 Å². The highest BCUT2D eigenvalue weighted by atomic mass is 16.2. The average Bonchev–Trinajstić information content (AvgIpc) is 2.09. The van der Waals surface area contributed by atoms with Gasteiger partial charge in [0.2, 0.25) is 0 Å². The summed E-state index contributed by atoms with van der Waals surface area (Å²) in [7, 11) is 0. The third kappa shape index (κ3) is 0.754. The highest BCUT2D eigenvalue weighted by Crippen LogP contribution is 2.04. The van der Waals surface area contributed by atoms with E-state index in [0.717, 1.165) is 0 Å². The third-order valence-electron chi connectivity index (χ3n) is 1.31. The number of aldehydes is 1. The van der Waals surface area contributed by atoms with E-state index in [-0.39, 0.29) is 0 Å². The number of hydrogen-bond acceptors (Lipinski definition) is 3. The molecule has 5 nitrogen and oxygen atoms in total. The summed E-state index contributed by atoms with van der Waals surface area (Å²) in [5.41, 5.74) is -1.36. The number of imide groups is 1. The molecule has 2 N–H and O–H groups in total. The number of rotatable bonds is 1. The summed E-state index contributed by atoms with van der Waals surface area (Å²) in [5.74, 6) is -0.604. The lowest BCUT2D eigenvalue weighted by Crippen LogP contribution is -2.45. The smallest absolute Gasteiger partial charge is 0.317 e. The zero-order chi connectivity index (χ0) is 7.78. The summed E-state index contributed by atoms with van der Waals surface area (Å²) in [6.45, 7) is 1.33. The molecule has 1 fully saturated rings. The maximum atomic E-state index is 10.7. The van der Waals surface area contributed by atoms with Gasteiger partial charge in [-0.3, -0.25) is 10.1 Å². The first-order chi connectivity index (χ1) is 4.58. The zero-order valence-electron chi connectivity index (χ0n) is 5.30. The number of amides is 3. The summed E-state index contributed by atoms with van der Waals surface area (Å²) in [4.78, 5) is 31.3. The lowest BCUT2D eigenvalue weighted by atomic mass is 10.1. The van der Waals surface area contributed by atoms with Crippen molar-refractivity contribution in [1.82, 2.24) is 10.6 Å². The second kappa shape index (κ2) is 1.80. The normalized spacial score (nSPS) is 31.3. The molecule has 10 heavy (non-hydrogen) atoms. The molecule has 0 aromatic carbocycles. The van der Waals surface area contributed by atoms with Gasteiger partial charge in [0, 0.05) is 0 Å². The standard InChI is InChI=1S/C5H6N2O3/c1-5(2-8)3(9)6-4(10)7-5/h2H,1H3,(H2,6,7,9,10)/t5-/m1/s1. The quantitative estimate of drug-likeness (QED) is 0.274. The van der Waals surface area contributed by atoms with E-state index in [4.69, 9.17) is 0 Å². The first-order valence-corrected chi connectivity index (χ1v) is 2.68. The van der Waals surface area contributed by atoms with Gasteiger partial charge in [0.05, 0.1) is 0 Å². The van der Waals surface area contributed by atoms with Crippen LogP contribution in [-0.2, 0) is 9.59 Å². The minimum atomic E-state index is -1.36. The molecule has 0 bridgehead atoms. The second-order valence-corrected chi connectivity index (χ2v) is 2.23. The Balaban J connectivity index is 2.90. The van der Waals surface area contributed by atoms with Crippen molar-refractivity contribution >= 4 is 18.2 Å². The van der Waals surface area contributed by atoms with E-state index in [1.807, 2.05) is 5.32 Å². The van der Waals surface area contributed by atoms with Crippen LogP contribution in [0.25, 0.3) is 0 Å². The molecule has 5 heteroatoms. The van der Waals surface area contributed by atoms with Gasteiger partial charge in [-0.25, -0.2) is 4.79 Å². The molecular weight excluding hydrogens is 136 g/mol. The maximum Gasteiger partial charge on any atom is 0.322 e. The molecule has 3 amide bonds. The Kier molecular flexibility index (Phi) is 1.21. The van der Waals surface area contributed by atoms with Gasteiger partial charge in [-0.1, -0.05) is 0 Å². The van der Waals surface area contributed by atoms with Crippen LogP contribution in [0.5, 0.6) is 0 Å². The van der Waals surface area contributed by atoms with Gasteiger partial charge in [-0.2, -0.15) is 0 Å². The van der Waals surface area contributed by atoms with E-state index in [1.54, 1.807) is 0 Å². The molecule has 0 saturated carbocycles. The minimum absolute atomic E-state index is 0.396. The number of urea groups is 1. The molecule has 0 aliphatic carbocycles. The first-order valence-electron chi connectivity index (χ1n) is 2.68. The zero-order valence-corrected chi connectivity index (χ0v) is 5.30. The van der Waals surface area contributed by atoms with Crippen molar-refractivity contribution < 1.29 is 14.4 Å². The van der Waals surface area contributed by atoms with Crippen LogP contribution in [0, 0.1) is 0 Å². The van der Waals surface area contributed by atoms with Gasteiger partial charge >= 0.3 is 6.03 Å². The lowest BCUT2D eigenvalue weighted by molar-refractivity contribution is -0.128. The van der Waals surface area contributed by atoms with E-state index < -0.39 is 17.5 Å². The van der Waals surface area contributed by atoms with E-state index in [2.05, 4.69) is 5.32 Å². The fourth-order valence-corrected chi connectivity index (χ4v) is 0.640. The molecule has 0 spiro atoms. The van der Waals surface area contributed by atoms with Gasteiger partial charge < -0.3 is 10.1 Å². The van der Waals surface area contributed by atoms with Crippen LogP contribution in [0.2, 0.25) is 0 Å². The van der Waals surface area contributed by atoms with Gasteiger partial charge in [0.1, 0.15) is 0 Å². The first kappa shape index (κ1) is 6.73. The molecule has 1 rings (SSSR count). The van der Waals surface area contributed by atoms with Crippen LogP contribution in [0.1, 0.15) is 6.92 Å². The number of nitrogens with one attached hydrogen (secondary N) is 2. The van der Waals surface area contributed by atoms with Crippen LogP contribution in [-0.4, -0.2) is 23.8 Å². The summed E-state index contributed by atoms with van der Waals surface area (Å²) >= 11 is 0. The molecular formula is C5H6N2O3. The van der Waals surface area contributed by atoms with Crippen LogP contribution in [0.3, 0.4) is 0 Å². The van der Waals surface area contributed by atoms with E-state index in [0.29, 0.717) is 6.29 Å². The maximum absolute atomic E-state index is 10.7. The lowest BCUT2D eigenvalue weighted by Gasteiger charge is -2.09. The molecule has 54 valence electrons. The van der Waals surface area contributed by atoms with Crippen molar-refractivity contribution in [2.75, 3.05) is 0 Å². The minimum Gasteiger partial charge on any atom is -0.317 e. The van der Waals surface area contributed by atoms with Crippen LogP contribution in [0.15, 0.2) is 0 Å². The molecule has 0 aromatic rings. The number of carbonyl (C=O) groups is 3. The van der Waals surface area contributed by atoms with Gasteiger partial charge in [-0.15, -0.1) is 0 Å². The summed E-state index contributed by atoms with van der Waals surface area (Å²) < 4.78 is 0. The average molecular weight is 142 g/mol. The van der Waals surface area contributed by atoms with Gasteiger partial charge in [-0.05, 0) is 6.92 Å². The summed E-state index contributed by atoms with van der Waals surface area (Å²) in [5, 5.41) is 4.10. The Labute approximate surface area is 56.8 Å². The fraction of sp³-hybridized carbons (Fsp3) is 0.400. The Morgan fingerprint density at radius 2 is 2.10 bits per heavy atom. The molecule has 0 unspecified atom stereocenters. The van der Waals surface area contributed by atoms with Crippen LogP contribution >= 0.6 is 0 Å². The Morgan fingerprint density at radius 3 is 2.30 bits per heavy atom. The Hall–Kier alpha value is -1.39. The largest absolute Gasteiger partial charge is 0.322 e. The van der Waals surface area contributed by atoms with E-state index in [9.17, 15) is 14.4 Å². The molecule has 1 aliphatic rings. The van der Waals surface area contributed by atoms with Crippen molar-refractivity contribution in [2.45, 2.75) is 12.5 Å². The third-order valence-corrected chi connectivity index (χ3v) is 1.31. The van der Waals surface area contributed by atoms with Gasteiger partial charge in [0.25, 0.3) is 5.91 Å². The van der Waals surface area contributed by atoms with E-state index >= 15 is 0 Å². The predicted molar refractivity (Wildman–Crippen MR) is 31.1 cm³/mol. The van der Waals surface area contributed by atoms with Crippen molar-refractivity contribution in [2.24, 2.45) is 0 Å². The highest BCUT2D eigenvalue weighted by Gasteiger charge is 2.41. The molecule has 1 atom stereocenters. The predicted octanol–water partition coefficient (Wildman–Crippen LogP) is -1.22. The fourth-order valence-electron chi connectivity index (χ4n) is 0.640. The summed E-state index contributed by atoms with van der Waals surface area (Å²) in [6, 6.07) is -0.625. The molecule has 1 heterocycles. The van der Waals surface area contributed by atoms with Crippen LogP contribution < -0.4 is 10.6 Å². The summed E-state index contributed by atoms with van der Waals surface area (Å²) in [6.07, 6.45) is 0.396. The number of carbonyl (C=O) groups excluding carboxylic acids is 3. The monoisotopic (exact) mass is 142 g/mol. The second-order valence-electron chi connectivity index (χ2n) is 2.23. The number of hydrogen-bond donors (Lipinski definition) is 2. The molecule has 1 saturated heterocycles. The molecule has 1 aliphatic heterocycles. The topological polar surface area (TPSA) is 75.3 Å². The van der Waals surface area contributed by atoms with Crippen LogP contribution in [0.4, 0.5) is 4.79 Å². The van der Waals surface area contributed by atoms with Crippen molar-refractivity contribution in [3.8, 4) is 0 Å². The Morgan fingerprint density at radius 1 is 1.50 bits per heavy atom. The molecule has 0 aromatic heterocycles.